The number of thiophene rings is 1. The fourth-order valence-corrected chi connectivity index (χ4v) is 4.94. The predicted octanol–water partition coefficient (Wildman–Crippen LogP) is 4.47. The van der Waals surface area contributed by atoms with Gasteiger partial charge in [-0.1, -0.05) is 41.4 Å². The second kappa shape index (κ2) is 8.34. The van der Waals surface area contributed by atoms with E-state index in [1.165, 1.54) is 18.4 Å². The van der Waals surface area contributed by atoms with Gasteiger partial charge in [-0.05, 0) is 48.2 Å². The van der Waals surface area contributed by atoms with Crippen LogP contribution in [0.15, 0.2) is 64.9 Å². The van der Waals surface area contributed by atoms with Gasteiger partial charge in [-0.25, -0.2) is 8.42 Å². The summed E-state index contributed by atoms with van der Waals surface area (Å²) in [5.74, 6) is -0.337. The molecule has 1 aromatic heterocycles. The number of aryl methyl sites for hydroxylation is 1. The van der Waals surface area contributed by atoms with Crippen LogP contribution >= 0.6 is 22.9 Å². The van der Waals surface area contributed by atoms with Gasteiger partial charge in [-0.3, -0.25) is 9.10 Å². The van der Waals surface area contributed by atoms with Crippen LogP contribution in [0.5, 0.6) is 0 Å². The average molecular weight is 435 g/mol. The molecule has 0 unspecified atom stereocenters. The highest BCUT2D eigenvalue weighted by Crippen LogP contribution is 2.30. The standard InChI is InChI=1S/C20H19ClN2O3S2/c1-14-6-8-17(9-7-14)28(25,26)23(2)18-10-11-27-19(18)20(24)22-13-15-4-3-5-16(21)12-15/h3-12H,13H2,1-2H3,(H,22,24). The Morgan fingerprint density at radius 3 is 2.54 bits per heavy atom. The van der Waals surface area contributed by atoms with Gasteiger partial charge >= 0.3 is 0 Å². The van der Waals surface area contributed by atoms with Crippen molar-refractivity contribution in [3.8, 4) is 0 Å². The smallest absolute Gasteiger partial charge is 0.264 e. The molecule has 28 heavy (non-hydrogen) atoms. The minimum absolute atomic E-state index is 0.178. The first-order valence-electron chi connectivity index (χ1n) is 8.45. The maximum atomic E-state index is 12.9. The second-order valence-corrected chi connectivity index (χ2v) is 9.55. The molecule has 1 amide bonds. The molecule has 2 aromatic carbocycles. The van der Waals surface area contributed by atoms with Crippen molar-refractivity contribution in [1.29, 1.82) is 0 Å². The van der Waals surface area contributed by atoms with E-state index in [9.17, 15) is 13.2 Å². The summed E-state index contributed by atoms with van der Waals surface area (Å²) in [6.07, 6.45) is 0. The molecular weight excluding hydrogens is 416 g/mol. The summed E-state index contributed by atoms with van der Waals surface area (Å²) in [7, 11) is -2.32. The van der Waals surface area contributed by atoms with E-state index in [2.05, 4.69) is 5.32 Å². The number of benzene rings is 2. The van der Waals surface area contributed by atoms with E-state index in [1.807, 2.05) is 19.1 Å². The molecule has 1 N–H and O–H groups in total. The number of halogens is 1. The van der Waals surface area contributed by atoms with Gasteiger partial charge in [0.05, 0.1) is 10.6 Å². The number of amides is 1. The van der Waals surface area contributed by atoms with E-state index in [0.717, 1.165) is 15.4 Å². The second-order valence-electron chi connectivity index (χ2n) is 6.23. The first-order valence-corrected chi connectivity index (χ1v) is 11.1. The van der Waals surface area contributed by atoms with Crippen molar-refractivity contribution >= 4 is 44.6 Å². The third-order valence-corrected chi connectivity index (χ3v) is 7.13. The van der Waals surface area contributed by atoms with Crippen LogP contribution in [0.4, 0.5) is 5.69 Å². The number of nitrogens with zero attached hydrogens (tertiary/aromatic N) is 1. The molecule has 0 saturated carbocycles. The fourth-order valence-electron chi connectivity index (χ4n) is 2.63. The Bertz CT molecular complexity index is 1090. The van der Waals surface area contributed by atoms with E-state index in [-0.39, 0.29) is 10.8 Å². The van der Waals surface area contributed by atoms with Gasteiger partial charge < -0.3 is 5.32 Å². The molecule has 146 valence electrons. The number of hydrogen-bond donors (Lipinski definition) is 1. The van der Waals surface area contributed by atoms with Crippen LogP contribution in [0.1, 0.15) is 20.8 Å². The molecule has 0 saturated heterocycles. The van der Waals surface area contributed by atoms with Crippen LogP contribution in [0, 0.1) is 6.92 Å². The normalized spacial score (nSPS) is 11.2. The summed E-state index contributed by atoms with van der Waals surface area (Å²) < 4.78 is 27.0. The molecule has 0 fully saturated rings. The highest BCUT2D eigenvalue weighted by Gasteiger charge is 2.26. The Labute approximate surface area is 173 Å². The Hall–Kier alpha value is -2.35. The predicted molar refractivity (Wildman–Crippen MR) is 114 cm³/mol. The zero-order chi connectivity index (χ0) is 20.3. The molecule has 0 spiro atoms. The summed E-state index contributed by atoms with van der Waals surface area (Å²) in [6, 6.07) is 15.4. The third-order valence-electron chi connectivity index (χ3n) is 4.21. The first kappa shape index (κ1) is 20.4. The van der Waals surface area contributed by atoms with Crippen LogP contribution in [-0.4, -0.2) is 21.4 Å². The molecule has 0 atom stereocenters. The fraction of sp³-hybridized carbons (Fsp3) is 0.150. The lowest BCUT2D eigenvalue weighted by Crippen LogP contribution is -2.29. The Balaban J connectivity index is 1.80. The van der Waals surface area contributed by atoms with Gasteiger partial charge in [-0.15, -0.1) is 11.3 Å². The number of rotatable bonds is 6. The van der Waals surface area contributed by atoms with Crippen molar-refractivity contribution in [3.63, 3.8) is 0 Å². The molecule has 5 nitrogen and oxygen atoms in total. The third kappa shape index (κ3) is 4.38. The molecule has 3 aromatic rings. The van der Waals surface area contributed by atoms with E-state index in [4.69, 9.17) is 11.6 Å². The van der Waals surface area contributed by atoms with E-state index < -0.39 is 10.0 Å². The van der Waals surface area contributed by atoms with Crippen molar-refractivity contribution in [1.82, 2.24) is 5.32 Å². The number of nitrogens with one attached hydrogen (secondary N) is 1. The Morgan fingerprint density at radius 2 is 1.86 bits per heavy atom. The minimum atomic E-state index is -3.76. The maximum Gasteiger partial charge on any atom is 0.264 e. The summed E-state index contributed by atoms with van der Waals surface area (Å²) in [5, 5.41) is 5.10. The van der Waals surface area contributed by atoms with Crippen molar-refractivity contribution in [2.75, 3.05) is 11.4 Å². The minimum Gasteiger partial charge on any atom is -0.347 e. The van der Waals surface area contributed by atoms with Gasteiger partial charge in [-0.2, -0.15) is 0 Å². The number of carbonyl (C=O) groups is 1. The lowest BCUT2D eigenvalue weighted by molar-refractivity contribution is 0.0955. The first-order chi connectivity index (χ1) is 13.3. The summed E-state index contributed by atoms with van der Waals surface area (Å²) in [5.41, 5.74) is 2.17. The summed E-state index contributed by atoms with van der Waals surface area (Å²) in [4.78, 5) is 13.2. The van der Waals surface area contributed by atoms with Crippen molar-refractivity contribution in [3.05, 3.63) is 81.0 Å². The molecule has 0 aliphatic rings. The van der Waals surface area contributed by atoms with Crippen molar-refractivity contribution < 1.29 is 13.2 Å². The molecular formula is C20H19ClN2O3S2. The molecule has 1 heterocycles. The van der Waals surface area contributed by atoms with E-state index in [0.29, 0.717) is 22.1 Å². The molecule has 3 rings (SSSR count). The van der Waals surface area contributed by atoms with Crippen LogP contribution in [0.25, 0.3) is 0 Å². The SMILES string of the molecule is Cc1ccc(S(=O)(=O)N(C)c2ccsc2C(=O)NCc2cccc(Cl)c2)cc1. The number of sulfonamides is 1. The highest BCUT2D eigenvalue weighted by molar-refractivity contribution is 7.92. The van der Waals surface area contributed by atoms with E-state index >= 15 is 0 Å². The Kier molecular flexibility index (Phi) is 6.07. The van der Waals surface area contributed by atoms with Crippen LogP contribution < -0.4 is 9.62 Å². The monoisotopic (exact) mass is 434 g/mol. The number of carbonyl (C=O) groups excluding carboxylic acids is 1. The average Bonchev–Trinajstić information content (AvgIpc) is 3.15. The largest absolute Gasteiger partial charge is 0.347 e. The molecule has 8 heteroatoms. The molecule has 0 aliphatic carbocycles. The quantitative estimate of drug-likeness (QED) is 0.622. The lowest BCUT2D eigenvalue weighted by Gasteiger charge is -2.20. The maximum absolute atomic E-state index is 12.9. The van der Waals surface area contributed by atoms with Crippen molar-refractivity contribution in [2.45, 2.75) is 18.4 Å². The van der Waals surface area contributed by atoms with Crippen molar-refractivity contribution in [2.24, 2.45) is 0 Å². The van der Waals surface area contributed by atoms with Crippen LogP contribution in [0.2, 0.25) is 5.02 Å². The van der Waals surface area contributed by atoms with E-state index in [1.54, 1.807) is 47.8 Å². The molecule has 0 bridgehead atoms. The van der Waals surface area contributed by atoms with Gasteiger partial charge in [0.25, 0.3) is 15.9 Å². The topological polar surface area (TPSA) is 66.5 Å². The van der Waals surface area contributed by atoms with Gasteiger partial charge in [0.1, 0.15) is 4.88 Å². The zero-order valence-electron chi connectivity index (χ0n) is 15.3. The number of hydrogen-bond acceptors (Lipinski definition) is 4. The number of anilines is 1. The lowest BCUT2D eigenvalue weighted by atomic mass is 10.2. The zero-order valence-corrected chi connectivity index (χ0v) is 17.7. The van der Waals surface area contributed by atoms with Gasteiger partial charge in [0.2, 0.25) is 0 Å². The van der Waals surface area contributed by atoms with Gasteiger partial charge in [0.15, 0.2) is 0 Å². The van der Waals surface area contributed by atoms with Gasteiger partial charge in [0, 0.05) is 18.6 Å². The molecule has 0 aliphatic heterocycles. The molecule has 0 radical (unpaired) electrons. The Morgan fingerprint density at radius 1 is 1.14 bits per heavy atom. The van der Waals surface area contributed by atoms with Crippen LogP contribution in [-0.2, 0) is 16.6 Å². The summed E-state index contributed by atoms with van der Waals surface area (Å²) >= 11 is 7.15. The van der Waals surface area contributed by atoms with Crippen LogP contribution in [0.3, 0.4) is 0 Å². The highest BCUT2D eigenvalue weighted by atomic mass is 35.5. The summed E-state index contributed by atoms with van der Waals surface area (Å²) in [6.45, 7) is 2.19.